The van der Waals surface area contributed by atoms with Crippen LogP contribution in [0.3, 0.4) is 0 Å². The lowest BCUT2D eigenvalue weighted by atomic mass is 10.2. The van der Waals surface area contributed by atoms with Crippen molar-refractivity contribution in [3.05, 3.63) is 16.0 Å². The summed E-state index contributed by atoms with van der Waals surface area (Å²) in [6.07, 6.45) is 3.30. The highest BCUT2D eigenvalue weighted by Crippen LogP contribution is 2.30. The molecule has 0 saturated carbocycles. The topological polar surface area (TPSA) is 139 Å². The minimum absolute atomic E-state index is 0.0746. The highest BCUT2D eigenvalue weighted by atomic mass is 16.5. The quantitative estimate of drug-likeness (QED) is 0.485. The van der Waals surface area contributed by atoms with Crippen LogP contribution in [0.2, 0.25) is 0 Å². The number of aliphatic hydroxyl groups is 2. The monoisotopic (exact) mass is 291 g/mol. The average molecular weight is 291 g/mol. The van der Waals surface area contributed by atoms with Crippen molar-refractivity contribution in [2.24, 2.45) is 0 Å². The first-order valence-electron chi connectivity index (χ1n) is 6.24. The van der Waals surface area contributed by atoms with E-state index in [1.54, 1.807) is 0 Å². The van der Waals surface area contributed by atoms with E-state index < -0.39 is 24.0 Å². The maximum absolute atomic E-state index is 11.9. The summed E-state index contributed by atoms with van der Waals surface area (Å²) in [4.78, 5) is 18.3. The number of aliphatic hydroxyl groups excluding tert-OH is 2. The Balaban J connectivity index is 2.16. The number of nitrogen functional groups attached to an aromatic ring is 1. The van der Waals surface area contributed by atoms with Crippen LogP contribution in [0.4, 0.5) is 5.95 Å². The highest BCUT2D eigenvalue weighted by molar-refractivity contribution is 5.81. The van der Waals surface area contributed by atoms with Gasteiger partial charge in [0.2, 0.25) is 5.95 Å². The number of anilines is 1. The lowest BCUT2D eigenvalue weighted by Gasteiger charge is -2.12. The Bertz CT molecular complexity index is 789. The van der Waals surface area contributed by atoms with E-state index >= 15 is 0 Å². The molecule has 0 unspecified atom stereocenters. The molecule has 5 N–H and O–H groups in total. The molecule has 2 aromatic heterocycles. The fraction of sp³-hybridized carbons (Fsp3) is 0.417. The van der Waals surface area contributed by atoms with Gasteiger partial charge in [-0.15, -0.1) is 6.42 Å². The highest BCUT2D eigenvalue weighted by Gasteiger charge is 2.36. The summed E-state index contributed by atoms with van der Waals surface area (Å²) >= 11 is 0. The Morgan fingerprint density at radius 3 is 3.00 bits per heavy atom. The third kappa shape index (κ3) is 2.06. The number of nitrogens with two attached hydrogens (primary N) is 1. The zero-order chi connectivity index (χ0) is 15.1. The number of nitrogens with zero attached hydrogens (tertiary/aromatic N) is 3. The SMILES string of the molecule is C#Cc1nn([C@H]2C[C@H](O)[C@@H](CO)O2)c2nc(N)[nH]c(=O)c12. The first kappa shape index (κ1) is 13.6. The number of aromatic nitrogens is 4. The lowest BCUT2D eigenvalue weighted by Crippen LogP contribution is -2.24. The summed E-state index contributed by atoms with van der Waals surface area (Å²) in [5.74, 6) is 2.24. The van der Waals surface area contributed by atoms with Crippen LogP contribution in [-0.4, -0.2) is 48.8 Å². The van der Waals surface area contributed by atoms with Crippen LogP contribution in [0.15, 0.2) is 4.79 Å². The Morgan fingerprint density at radius 1 is 1.62 bits per heavy atom. The number of H-pyrrole nitrogens is 1. The average Bonchev–Trinajstić information content (AvgIpc) is 2.98. The number of fused-ring (bicyclic) bond motifs is 1. The summed E-state index contributed by atoms with van der Waals surface area (Å²) < 4.78 is 6.81. The number of rotatable bonds is 2. The predicted molar refractivity (Wildman–Crippen MR) is 72.1 cm³/mol. The third-order valence-corrected chi connectivity index (χ3v) is 3.37. The van der Waals surface area contributed by atoms with Gasteiger partial charge >= 0.3 is 0 Å². The molecular formula is C12H13N5O4. The molecule has 110 valence electrons. The van der Waals surface area contributed by atoms with Crippen molar-refractivity contribution in [3.63, 3.8) is 0 Å². The maximum Gasteiger partial charge on any atom is 0.264 e. The molecule has 1 saturated heterocycles. The first-order chi connectivity index (χ1) is 10.0. The van der Waals surface area contributed by atoms with E-state index in [0.29, 0.717) is 0 Å². The van der Waals surface area contributed by atoms with E-state index in [1.807, 2.05) is 0 Å². The fourth-order valence-corrected chi connectivity index (χ4v) is 2.39. The molecule has 2 aromatic rings. The van der Waals surface area contributed by atoms with E-state index in [2.05, 4.69) is 21.0 Å². The van der Waals surface area contributed by atoms with Gasteiger partial charge in [0.05, 0.1) is 12.7 Å². The normalized spacial score (nSPS) is 25.3. The van der Waals surface area contributed by atoms with Crippen LogP contribution in [0.5, 0.6) is 0 Å². The van der Waals surface area contributed by atoms with Crippen LogP contribution in [0.1, 0.15) is 18.3 Å². The van der Waals surface area contributed by atoms with Gasteiger partial charge in [0, 0.05) is 6.42 Å². The molecule has 9 nitrogen and oxygen atoms in total. The summed E-state index contributed by atoms with van der Waals surface area (Å²) in [5, 5.41) is 23.2. The number of hydrogen-bond acceptors (Lipinski definition) is 7. The zero-order valence-electron chi connectivity index (χ0n) is 10.9. The minimum atomic E-state index is -0.840. The molecule has 3 rings (SSSR count). The zero-order valence-corrected chi connectivity index (χ0v) is 10.9. The Labute approximate surface area is 118 Å². The van der Waals surface area contributed by atoms with Gasteiger partial charge in [-0.05, 0) is 5.92 Å². The number of terminal acetylenes is 1. The minimum Gasteiger partial charge on any atom is -0.394 e. The smallest absolute Gasteiger partial charge is 0.264 e. The van der Waals surface area contributed by atoms with Gasteiger partial charge in [0.25, 0.3) is 5.56 Å². The van der Waals surface area contributed by atoms with Crippen molar-refractivity contribution in [1.29, 1.82) is 0 Å². The Kier molecular flexibility index (Phi) is 3.13. The van der Waals surface area contributed by atoms with Gasteiger partial charge in [-0.3, -0.25) is 9.78 Å². The fourth-order valence-electron chi connectivity index (χ4n) is 2.39. The number of aromatic amines is 1. The standard InChI is InChI=1S/C12H13N5O4/c1-2-5-9-10(14-12(13)15-11(9)20)17(16-5)8-3-6(19)7(4-18)21-8/h1,6-8,18-19H,3-4H2,(H3,13,14,15,20)/t6-,7+,8+/m0/s1. The number of hydrogen-bond donors (Lipinski definition) is 4. The predicted octanol–water partition coefficient (Wildman–Crippen LogP) is -1.68. The van der Waals surface area contributed by atoms with Crippen LogP contribution in [0.25, 0.3) is 11.0 Å². The lowest BCUT2D eigenvalue weighted by molar-refractivity contribution is -0.0470. The van der Waals surface area contributed by atoms with Gasteiger partial charge in [0.15, 0.2) is 11.9 Å². The van der Waals surface area contributed by atoms with E-state index in [4.69, 9.17) is 22.0 Å². The van der Waals surface area contributed by atoms with Gasteiger partial charge in [0.1, 0.15) is 17.2 Å². The maximum atomic E-state index is 11.9. The molecule has 0 aliphatic carbocycles. The molecule has 21 heavy (non-hydrogen) atoms. The molecule has 3 atom stereocenters. The Morgan fingerprint density at radius 2 is 2.38 bits per heavy atom. The molecule has 0 radical (unpaired) electrons. The van der Waals surface area contributed by atoms with Crippen molar-refractivity contribution in [1.82, 2.24) is 19.7 Å². The molecule has 0 amide bonds. The largest absolute Gasteiger partial charge is 0.394 e. The van der Waals surface area contributed by atoms with Crippen LogP contribution in [0, 0.1) is 12.3 Å². The van der Waals surface area contributed by atoms with Crippen LogP contribution in [-0.2, 0) is 4.74 Å². The first-order valence-corrected chi connectivity index (χ1v) is 6.24. The summed E-state index contributed by atoms with van der Waals surface area (Å²) in [7, 11) is 0. The summed E-state index contributed by atoms with van der Waals surface area (Å²) in [6.45, 7) is -0.324. The van der Waals surface area contributed by atoms with Crippen molar-refractivity contribution in [2.75, 3.05) is 12.3 Å². The Hall–Kier alpha value is -2.41. The van der Waals surface area contributed by atoms with Gasteiger partial charge < -0.3 is 20.7 Å². The van der Waals surface area contributed by atoms with E-state index in [-0.39, 0.29) is 35.7 Å². The van der Waals surface area contributed by atoms with Crippen molar-refractivity contribution >= 4 is 17.0 Å². The van der Waals surface area contributed by atoms with Crippen molar-refractivity contribution in [2.45, 2.75) is 24.9 Å². The molecule has 1 aliphatic rings. The molecule has 0 aromatic carbocycles. The number of nitrogens with one attached hydrogen (secondary N) is 1. The molecule has 0 bridgehead atoms. The molecular weight excluding hydrogens is 278 g/mol. The third-order valence-electron chi connectivity index (χ3n) is 3.37. The molecule has 1 aliphatic heterocycles. The van der Waals surface area contributed by atoms with E-state index in [0.717, 1.165) is 0 Å². The van der Waals surface area contributed by atoms with Gasteiger partial charge in [-0.1, -0.05) is 0 Å². The van der Waals surface area contributed by atoms with E-state index in [9.17, 15) is 9.90 Å². The number of ether oxygens (including phenoxy) is 1. The molecule has 9 heteroatoms. The summed E-state index contributed by atoms with van der Waals surface area (Å²) in [5.41, 5.74) is 5.34. The second kappa shape index (κ2) is 4.85. The second-order valence-corrected chi connectivity index (χ2v) is 4.70. The van der Waals surface area contributed by atoms with Crippen LogP contribution < -0.4 is 11.3 Å². The van der Waals surface area contributed by atoms with Crippen molar-refractivity contribution in [3.8, 4) is 12.3 Å². The molecule has 0 spiro atoms. The van der Waals surface area contributed by atoms with Gasteiger partial charge in [-0.2, -0.15) is 10.1 Å². The van der Waals surface area contributed by atoms with E-state index in [1.165, 1.54) is 4.68 Å². The summed E-state index contributed by atoms with van der Waals surface area (Å²) in [6, 6.07) is 0. The molecule has 1 fully saturated rings. The second-order valence-electron chi connectivity index (χ2n) is 4.70. The van der Waals surface area contributed by atoms with Crippen molar-refractivity contribution < 1.29 is 14.9 Å². The van der Waals surface area contributed by atoms with Gasteiger partial charge in [-0.25, -0.2) is 4.68 Å². The molecule has 3 heterocycles. The van der Waals surface area contributed by atoms with Crippen LogP contribution >= 0.6 is 0 Å².